The maximum Gasteiger partial charge on any atom is 0.262 e. The van der Waals surface area contributed by atoms with Crippen molar-refractivity contribution in [2.75, 3.05) is 25.0 Å². The van der Waals surface area contributed by atoms with E-state index in [4.69, 9.17) is 4.74 Å². The minimum Gasteiger partial charge on any atom is -0.483 e. The molecule has 2 aromatic carbocycles. The van der Waals surface area contributed by atoms with Crippen LogP contribution in [0.15, 0.2) is 51.8 Å². The van der Waals surface area contributed by atoms with Crippen LogP contribution in [-0.4, -0.2) is 38.3 Å². The molecule has 0 atom stereocenters. The Morgan fingerprint density at radius 2 is 1.85 bits per heavy atom. The predicted molar refractivity (Wildman–Crippen MR) is 110 cm³/mol. The second kappa shape index (κ2) is 9.34. The van der Waals surface area contributed by atoms with Crippen molar-refractivity contribution in [3.8, 4) is 5.75 Å². The molecule has 8 heteroatoms. The van der Waals surface area contributed by atoms with Crippen LogP contribution in [0, 0.1) is 6.92 Å². The monoisotopic (exact) mass is 454 g/mol. The number of nitrogens with zero attached hydrogens (tertiary/aromatic N) is 1. The molecule has 0 aliphatic rings. The molecular weight excluding hydrogens is 432 g/mol. The van der Waals surface area contributed by atoms with E-state index in [2.05, 4.69) is 21.2 Å². The average Bonchev–Trinajstić information content (AvgIpc) is 2.62. The van der Waals surface area contributed by atoms with Crippen LogP contribution in [0.3, 0.4) is 0 Å². The van der Waals surface area contributed by atoms with Crippen molar-refractivity contribution < 1.29 is 17.9 Å². The summed E-state index contributed by atoms with van der Waals surface area (Å²) in [7, 11) is -3.58. The zero-order valence-electron chi connectivity index (χ0n) is 15.5. The minimum absolute atomic E-state index is 0.145. The van der Waals surface area contributed by atoms with Gasteiger partial charge < -0.3 is 10.1 Å². The summed E-state index contributed by atoms with van der Waals surface area (Å²) in [5.41, 5.74) is 1.48. The normalized spacial score (nSPS) is 11.4. The van der Waals surface area contributed by atoms with Crippen LogP contribution in [0.2, 0.25) is 0 Å². The van der Waals surface area contributed by atoms with Gasteiger partial charge in [-0.25, -0.2) is 8.42 Å². The molecule has 0 fully saturated rings. The van der Waals surface area contributed by atoms with Crippen molar-refractivity contribution in [2.24, 2.45) is 0 Å². The number of rotatable bonds is 8. The van der Waals surface area contributed by atoms with Gasteiger partial charge in [-0.3, -0.25) is 4.79 Å². The van der Waals surface area contributed by atoms with Crippen LogP contribution in [-0.2, 0) is 14.8 Å². The van der Waals surface area contributed by atoms with E-state index in [1.54, 1.807) is 32.0 Å². The lowest BCUT2D eigenvalue weighted by Crippen LogP contribution is -2.30. The van der Waals surface area contributed by atoms with Crippen molar-refractivity contribution in [2.45, 2.75) is 25.7 Å². The van der Waals surface area contributed by atoms with Crippen molar-refractivity contribution in [3.63, 3.8) is 0 Å². The highest BCUT2D eigenvalue weighted by molar-refractivity contribution is 9.10. The van der Waals surface area contributed by atoms with Gasteiger partial charge in [0, 0.05) is 18.8 Å². The minimum atomic E-state index is -3.58. The van der Waals surface area contributed by atoms with Gasteiger partial charge in [0.2, 0.25) is 10.0 Å². The predicted octanol–water partition coefficient (Wildman–Crippen LogP) is 3.81. The van der Waals surface area contributed by atoms with Crippen LogP contribution in [0.5, 0.6) is 5.75 Å². The second-order valence-corrected chi connectivity index (χ2v) is 8.68. The topological polar surface area (TPSA) is 75.7 Å². The molecule has 0 aliphatic carbocycles. The average molecular weight is 455 g/mol. The van der Waals surface area contributed by atoms with Crippen LogP contribution in [0.4, 0.5) is 5.69 Å². The van der Waals surface area contributed by atoms with E-state index in [0.29, 0.717) is 24.5 Å². The number of carbonyl (C=O) groups excluding carboxylic acids is 1. The van der Waals surface area contributed by atoms with Gasteiger partial charge in [-0.05, 0) is 58.7 Å². The van der Waals surface area contributed by atoms with Crippen LogP contribution in [0.25, 0.3) is 0 Å². The molecule has 2 aromatic rings. The lowest BCUT2D eigenvalue weighted by Gasteiger charge is -2.18. The smallest absolute Gasteiger partial charge is 0.262 e. The number of aryl methyl sites for hydroxylation is 1. The second-order valence-electron chi connectivity index (χ2n) is 5.89. The molecule has 0 aromatic heterocycles. The van der Waals surface area contributed by atoms with Gasteiger partial charge in [-0.1, -0.05) is 26.0 Å². The quantitative estimate of drug-likeness (QED) is 0.657. The molecule has 146 valence electrons. The third kappa shape index (κ3) is 5.54. The molecule has 0 radical (unpaired) electrons. The largest absolute Gasteiger partial charge is 0.483 e. The summed E-state index contributed by atoms with van der Waals surface area (Å²) in [4.78, 5) is 12.3. The molecular formula is C19H23BrN2O4S. The van der Waals surface area contributed by atoms with E-state index in [-0.39, 0.29) is 17.4 Å². The number of hydrogen-bond donors (Lipinski definition) is 1. The highest BCUT2D eigenvalue weighted by atomic mass is 79.9. The van der Waals surface area contributed by atoms with E-state index >= 15 is 0 Å². The third-order valence-electron chi connectivity index (χ3n) is 3.91. The summed E-state index contributed by atoms with van der Waals surface area (Å²) in [6.45, 7) is 6.11. The number of ether oxygens (including phenoxy) is 1. The Bertz CT molecular complexity index is 912. The molecule has 1 amide bonds. The Morgan fingerprint density at radius 1 is 1.15 bits per heavy atom. The van der Waals surface area contributed by atoms with Crippen molar-refractivity contribution in [1.29, 1.82) is 0 Å². The fourth-order valence-corrected chi connectivity index (χ4v) is 4.62. The Kier molecular flexibility index (Phi) is 7.41. The molecule has 0 spiro atoms. The third-order valence-corrected chi connectivity index (χ3v) is 6.57. The number of carbonyl (C=O) groups is 1. The number of halogens is 1. The van der Waals surface area contributed by atoms with Gasteiger partial charge in [0.25, 0.3) is 5.91 Å². The molecule has 1 N–H and O–H groups in total. The van der Waals surface area contributed by atoms with Gasteiger partial charge in [-0.15, -0.1) is 0 Å². The van der Waals surface area contributed by atoms with E-state index in [1.165, 1.54) is 16.4 Å². The Hall–Kier alpha value is -1.90. The number of anilines is 1. The molecule has 0 saturated heterocycles. The van der Waals surface area contributed by atoms with E-state index in [1.807, 2.05) is 19.1 Å². The molecule has 0 bridgehead atoms. The number of nitrogens with one attached hydrogen (secondary N) is 1. The van der Waals surface area contributed by atoms with Crippen LogP contribution >= 0.6 is 15.9 Å². The van der Waals surface area contributed by atoms with Crippen molar-refractivity contribution >= 4 is 37.5 Å². The van der Waals surface area contributed by atoms with Crippen molar-refractivity contribution in [1.82, 2.24) is 4.31 Å². The molecule has 2 rings (SSSR count). The summed E-state index contributed by atoms with van der Waals surface area (Å²) < 4.78 is 32.8. The van der Waals surface area contributed by atoms with Crippen molar-refractivity contribution in [3.05, 3.63) is 52.5 Å². The summed E-state index contributed by atoms with van der Waals surface area (Å²) in [6.07, 6.45) is 0. The van der Waals surface area contributed by atoms with Gasteiger partial charge in [0.15, 0.2) is 6.61 Å². The SMILES string of the molecule is CCN(CC)S(=O)(=O)c1cccc(NC(=O)COc2ccc(C)cc2Br)c1. The maximum atomic E-state index is 12.6. The van der Waals surface area contributed by atoms with Gasteiger partial charge in [0.05, 0.1) is 9.37 Å². The maximum absolute atomic E-state index is 12.6. The Balaban J connectivity index is 2.06. The first kappa shape index (κ1) is 21.4. The number of sulfonamides is 1. The first-order valence-electron chi connectivity index (χ1n) is 8.57. The molecule has 27 heavy (non-hydrogen) atoms. The van der Waals surface area contributed by atoms with Crippen LogP contribution < -0.4 is 10.1 Å². The number of hydrogen-bond acceptors (Lipinski definition) is 4. The zero-order valence-corrected chi connectivity index (χ0v) is 17.9. The van der Waals surface area contributed by atoms with Gasteiger partial charge in [0.1, 0.15) is 5.75 Å². The number of benzene rings is 2. The standard InChI is InChI=1S/C19H23BrN2O4S/c1-4-22(5-2)27(24,25)16-8-6-7-15(12-16)21-19(23)13-26-18-10-9-14(3)11-17(18)20/h6-12H,4-5,13H2,1-3H3,(H,21,23). The summed E-state index contributed by atoms with van der Waals surface area (Å²) in [5.74, 6) is 0.188. The highest BCUT2D eigenvalue weighted by Gasteiger charge is 2.21. The van der Waals surface area contributed by atoms with E-state index < -0.39 is 10.0 Å². The zero-order chi connectivity index (χ0) is 20.0. The first-order valence-corrected chi connectivity index (χ1v) is 10.8. The Morgan fingerprint density at radius 3 is 2.48 bits per heavy atom. The van der Waals surface area contributed by atoms with E-state index in [9.17, 15) is 13.2 Å². The Labute approximate surface area is 168 Å². The van der Waals surface area contributed by atoms with E-state index in [0.717, 1.165) is 10.0 Å². The fraction of sp³-hybridized carbons (Fsp3) is 0.316. The summed E-state index contributed by atoms with van der Waals surface area (Å²) in [5, 5.41) is 2.67. The first-order chi connectivity index (χ1) is 12.8. The summed E-state index contributed by atoms with van der Waals surface area (Å²) in [6, 6.07) is 11.8. The van der Waals surface area contributed by atoms with Gasteiger partial charge >= 0.3 is 0 Å². The molecule has 6 nitrogen and oxygen atoms in total. The van der Waals surface area contributed by atoms with Crippen LogP contribution in [0.1, 0.15) is 19.4 Å². The summed E-state index contributed by atoms with van der Waals surface area (Å²) >= 11 is 3.39. The molecule has 0 heterocycles. The van der Waals surface area contributed by atoms with Gasteiger partial charge in [-0.2, -0.15) is 4.31 Å². The lowest BCUT2D eigenvalue weighted by atomic mass is 10.2. The molecule has 0 unspecified atom stereocenters. The lowest BCUT2D eigenvalue weighted by molar-refractivity contribution is -0.118. The fourth-order valence-electron chi connectivity index (χ4n) is 2.51. The molecule has 0 aliphatic heterocycles. The highest BCUT2D eigenvalue weighted by Crippen LogP contribution is 2.25. The molecule has 0 saturated carbocycles. The number of amides is 1.